The summed E-state index contributed by atoms with van der Waals surface area (Å²) in [6.45, 7) is 1.93. The monoisotopic (exact) mass is 368 g/mol. The minimum atomic E-state index is -0.368. The molecule has 0 radical (unpaired) electrons. The van der Waals surface area contributed by atoms with E-state index in [0.29, 0.717) is 38.1 Å². The van der Waals surface area contributed by atoms with Crippen molar-refractivity contribution in [2.75, 3.05) is 10.7 Å². The largest absolute Gasteiger partial charge is 0.272 e. The first-order valence-electron chi connectivity index (χ1n) is 7.58. The van der Waals surface area contributed by atoms with Gasteiger partial charge in [0.25, 0.3) is 11.8 Å². The summed E-state index contributed by atoms with van der Waals surface area (Å²) in [6.07, 6.45) is 0. The Morgan fingerprint density at radius 2 is 1.68 bits per heavy atom. The zero-order valence-corrected chi connectivity index (χ0v) is 14.9. The Hall–Kier alpha value is -2.55. The summed E-state index contributed by atoms with van der Waals surface area (Å²) in [5.74, 6) is -0.0355. The number of imide groups is 1. The maximum absolute atomic E-state index is 13.0. The van der Waals surface area contributed by atoms with E-state index in [1.54, 1.807) is 48.5 Å². The quantitative estimate of drug-likeness (QED) is 0.757. The van der Waals surface area contributed by atoms with Crippen LogP contribution in [0.1, 0.15) is 18.1 Å². The second kappa shape index (κ2) is 7.14. The van der Waals surface area contributed by atoms with Crippen LogP contribution in [0.4, 0.5) is 5.69 Å². The van der Waals surface area contributed by atoms with Gasteiger partial charge < -0.3 is 0 Å². The van der Waals surface area contributed by atoms with Gasteiger partial charge in [0.2, 0.25) is 0 Å². The lowest BCUT2D eigenvalue weighted by molar-refractivity contribution is -0.119. The van der Waals surface area contributed by atoms with Crippen molar-refractivity contribution in [1.82, 2.24) is 0 Å². The number of rotatable bonds is 4. The van der Waals surface area contributed by atoms with Gasteiger partial charge in [-0.15, -0.1) is 11.8 Å². The van der Waals surface area contributed by atoms with Gasteiger partial charge in [-0.05, 0) is 47.7 Å². The highest BCUT2D eigenvalue weighted by molar-refractivity contribution is 8.04. The molecule has 2 aromatic rings. The molecule has 1 heterocycles. The third-order valence-corrected chi connectivity index (χ3v) is 4.93. The van der Waals surface area contributed by atoms with Gasteiger partial charge in [-0.1, -0.05) is 30.7 Å². The summed E-state index contributed by atoms with van der Waals surface area (Å²) in [6, 6.07) is 15.3. The molecule has 0 unspecified atom stereocenters. The van der Waals surface area contributed by atoms with Gasteiger partial charge in [0.15, 0.2) is 0 Å². The molecular weight excluding hydrogens is 356 g/mol. The number of carbonyl (C=O) groups is 2. The maximum atomic E-state index is 13.0. The number of amides is 2. The molecule has 6 heteroatoms. The Morgan fingerprint density at radius 3 is 2.24 bits per heavy atom. The van der Waals surface area contributed by atoms with Crippen molar-refractivity contribution in [2.24, 2.45) is 0 Å². The number of hydrogen-bond donors (Lipinski definition) is 0. The molecular formula is C19H13ClN2O2S. The lowest BCUT2D eigenvalue weighted by Crippen LogP contribution is -2.31. The Labute approximate surface area is 154 Å². The molecule has 4 nitrogen and oxygen atoms in total. The number of anilines is 1. The number of nitrogens with zero attached hydrogens (tertiary/aromatic N) is 2. The Balaban J connectivity index is 2.06. The van der Waals surface area contributed by atoms with Crippen LogP contribution in [0.3, 0.4) is 0 Å². The van der Waals surface area contributed by atoms with Crippen LogP contribution < -0.4 is 4.90 Å². The molecule has 0 fully saturated rings. The molecule has 0 atom stereocenters. The van der Waals surface area contributed by atoms with Crippen molar-refractivity contribution in [3.63, 3.8) is 0 Å². The van der Waals surface area contributed by atoms with E-state index in [1.165, 1.54) is 11.8 Å². The number of thioether (sulfide) groups is 1. The van der Waals surface area contributed by atoms with Crippen molar-refractivity contribution >= 4 is 46.4 Å². The van der Waals surface area contributed by atoms with E-state index in [4.69, 9.17) is 16.9 Å². The molecule has 0 aromatic heterocycles. The summed E-state index contributed by atoms with van der Waals surface area (Å²) in [7, 11) is 0. The van der Waals surface area contributed by atoms with Crippen LogP contribution in [-0.2, 0) is 9.59 Å². The first-order valence-corrected chi connectivity index (χ1v) is 8.95. The molecule has 0 N–H and O–H groups in total. The third-order valence-electron chi connectivity index (χ3n) is 3.72. The topological polar surface area (TPSA) is 61.2 Å². The predicted molar refractivity (Wildman–Crippen MR) is 100 cm³/mol. The minimum Gasteiger partial charge on any atom is -0.268 e. The molecule has 1 aliphatic rings. The number of carbonyl (C=O) groups excluding carboxylic acids is 2. The molecule has 1 aliphatic heterocycles. The Bertz CT molecular complexity index is 912. The number of halogens is 1. The van der Waals surface area contributed by atoms with Crippen LogP contribution in [0.15, 0.2) is 53.4 Å². The van der Waals surface area contributed by atoms with Crippen LogP contribution in [0.2, 0.25) is 5.02 Å². The van der Waals surface area contributed by atoms with E-state index in [2.05, 4.69) is 0 Å². The molecule has 0 aliphatic carbocycles. The average molecular weight is 369 g/mol. The number of hydrogen-bond acceptors (Lipinski definition) is 4. The van der Waals surface area contributed by atoms with Crippen LogP contribution in [0, 0.1) is 11.3 Å². The molecule has 0 spiro atoms. The van der Waals surface area contributed by atoms with E-state index < -0.39 is 0 Å². The number of benzene rings is 2. The van der Waals surface area contributed by atoms with Gasteiger partial charge in [0.1, 0.15) is 0 Å². The lowest BCUT2D eigenvalue weighted by atomic mass is 10.1. The van der Waals surface area contributed by atoms with E-state index in [1.807, 2.05) is 13.0 Å². The number of nitriles is 1. The Morgan fingerprint density at radius 1 is 1.04 bits per heavy atom. The van der Waals surface area contributed by atoms with E-state index in [0.717, 1.165) is 4.90 Å². The zero-order chi connectivity index (χ0) is 18.0. The highest BCUT2D eigenvalue weighted by Gasteiger charge is 2.39. The minimum absolute atomic E-state index is 0.341. The van der Waals surface area contributed by atoms with Gasteiger partial charge in [-0.3, -0.25) is 9.59 Å². The van der Waals surface area contributed by atoms with Crippen molar-refractivity contribution in [3.8, 4) is 6.07 Å². The normalized spacial score (nSPS) is 14.2. The summed E-state index contributed by atoms with van der Waals surface area (Å²) >= 11 is 7.27. The van der Waals surface area contributed by atoms with Crippen LogP contribution in [0.25, 0.3) is 5.57 Å². The average Bonchev–Trinajstić information content (AvgIpc) is 2.87. The summed E-state index contributed by atoms with van der Waals surface area (Å²) in [4.78, 5) is 27.4. The lowest BCUT2D eigenvalue weighted by Gasteiger charge is -2.15. The van der Waals surface area contributed by atoms with Crippen molar-refractivity contribution < 1.29 is 9.59 Å². The molecule has 2 aromatic carbocycles. The van der Waals surface area contributed by atoms with Gasteiger partial charge in [0.05, 0.1) is 27.8 Å². The van der Waals surface area contributed by atoms with Gasteiger partial charge in [0, 0.05) is 5.02 Å². The van der Waals surface area contributed by atoms with Gasteiger partial charge in [-0.2, -0.15) is 5.26 Å². The van der Waals surface area contributed by atoms with Crippen molar-refractivity contribution in [1.29, 1.82) is 5.26 Å². The fraction of sp³-hybridized carbons (Fsp3) is 0.105. The van der Waals surface area contributed by atoms with Crippen molar-refractivity contribution in [3.05, 3.63) is 69.6 Å². The van der Waals surface area contributed by atoms with E-state index in [9.17, 15) is 9.59 Å². The fourth-order valence-corrected chi connectivity index (χ4v) is 3.56. The molecule has 25 heavy (non-hydrogen) atoms. The zero-order valence-electron chi connectivity index (χ0n) is 13.3. The van der Waals surface area contributed by atoms with Crippen LogP contribution >= 0.6 is 23.4 Å². The van der Waals surface area contributed by atoms with Crippen molar-refractivity contribution in [2.45, 2.75) is 6.92 Å². The molecule has 124 valence electrons. The van der Waals surface area contributed by atoms with Gasteiger partial charge in [-0.25, -0.2) is 4.90 Å². The summed E-state index contributed by atoms with van der Waals surface area (Å²) in [5.41, 5.74) is 1.97. The summed E-state index contributed by atoms with van der Waals surface area (Å²) < 4.78 is 0. The first kappa shape index (κ1) is 17.3. The summed E-state index contributed by atoms with van der Waals surface area (Å²) in [5, 5.41) is 9.47. The molecule has 0 saturated heterocycles. The smallest absolute Gasteiger partial charge is 0.268 e. The molecule has 0 saturated carbocycles. The maximum Gasteiger partial charge on any atom is 0.272 e. The third kappa shape index (κ3) is 3.19. The first-order chi connectivity index (χ1) is 12.1. The van der Waals surface area contributed by atoms with E-state index >= 15 is 0 Å². The van der Waals surface area contributed by atoms with Crippen LogP contribution in [0.5, 0.6) is 0 Å². The SMILES string of the molecule is CCSC1=C(c2ccc(Cl)cc2)C(=O)N(c2ccc(C#N)cc2)C1=O. The standard InChI is InChI=1S/C19H13ClN2O2S/c1-2-25-17-16(13-5-7-14(20)8-6-13)18(23)22(19(17)24)15-9-3-12(11-21)4-10-15/h3-10H,2H2,1H3. The predicted octanol–water partition coefficient (Wildman–Crippen LogP) is 4.25. The Kier molecular flexibility index (Phi) is 4.93. The molecule has 3 rings (SSSR count). The molecule has 2 amide bonds. The fourth-order valence-electron chi connectivity index (χ4n) is 2.58. The van der Waals surface area contributed by atoms with Gasteiger partial charge >= 0.3 is 0 Å². The second-order valence-corrected chi connectivity index (χ2v) is 6.96. The van der Waals surface area contributed by atoms with Crippen LogP contribution in [-0.4, -0.2) is 17.6 Å². The molecule has 0 bridgehead atoms. The van der Waals surface area contributed by atoms with E-state index in [-0.39, 0.29) is 11.8 Å². The second-order valence-electron chi connectivity index (χ2n) is 5.25. The highest BCUT2D eigenvalue weighted by atomic mass is 35.5. The highest BCUT2D eigenvalue weighted by Crippen LogP contribution is 2.38.